The maximum atomic E-state index is 11.7. The van der Waals surface area contributed by atoms with E-state index in [0.29, 0.717) is 34.8 Å². The summed E-state index contributed by atoms with van der Waals surface area (Å²) in [6.45, 7) is 1.33. The van der Waals surface area contributed by atoms with E-state index >= 15 is 0 Å². The Morgan fingerprint density at radius 3 is 3.00 bits per heavy atom. The van der Waals surface area contributed by atoms with Crippen LogP contribution in [0, 0.1) is 11.3 Å². The number of nitrogens with one attached hydrogen (secondary N) is 1. The molecule has 4 rings (SSSR count). The second kappa shape index (κ2) is 7.01. The van der Waals surface area contributed by atoms with Crippen molar-refractivity contribution in [3.05, 3.63) is 41.9 Å². The summed E-state index contributed by atoms with van der Waals surface area (Å²) in [7, 11) is 0. The molecule has 9 nitrogen and oxygen atoms in total. The molecule has 1 aliphatic heterocycles. The summed E-state index contributed by atoms with van der Waals surface area (Å²) in [5, 5.41) is 17.3. The van der Waals surface area contributed by atoms with Crippen molar-refractivity contribution >= 4 is 22.6 Å². The number of anilines is 1. The van der Waals surface area contributed by atoms with Gasteiger partial charge in [0.25, 0.3) is 5.91 Å². The van der Waals surface area contributed by atoms with E-state index < -0.39 is 5.91 Å². The zero-order valence-electron chi connectivity index (χ0n) is 14.4. The van der Waals surface area contributed by atoms with E-state index in [2.05, 4.69) is 26.5 Å². The summed E-state index contributed by atoms with van der Waals surface area (Å²) in [5.41, 5.74) is 7.37. The number of ether oxygens (including phenoxy) is 1. The van der Waals surface area contributed by atoms with Crippen molar-refractivity contribution in [2.24, 2.45) is 5.73 Å². The van der Waals surface area contributed by atoms with Gasteiger partial charge in [-0.25, -0.2) is 9.97 Å². The van der Waals surface area contributed by atoms with E-state index in [4.69, 9.17) is 15.7 Å². The van der Waals surface area contributed by atoms with Gasteiger partial charge in [-0.2, -0.15) is 15.0 Å². The Balaban J connectivity index is 1.69. The number of fused-ring (bicyclic) bond motifs is 1. The minimum Gasteiger partial charge on any atom is -0.382 e. The molecule has 1 saturated heterocycles. The molecule has 0 radical (unpaired) electrons. The first-order valence-electron chi connectivity index (χ1n) is 8.55. The van der Waals surface area contributed by atoms with E-state index in [0.717, 1.165) is 24.8 Å². The van der Waals surface area contributed by atoms with Crippen LogP contribution in [0.25, 0.3) is 16.9 Å². The number of nitrogens with zero attached hydrogens (tertiary/aromatic N) is 5. The van der Waals surface area contributed by atoms with Gasteiger partial charge in [-0.1, -0.05) is 0 Å². The number of hydrogen-bond acceptors (Lipinski definition) is 7. The standard InChI is InChI=1S/C18H17N7O2/c19-6-11-4-12-8-24-25(18(12)23-7-11)16-5-15(14(10-22-16)17(20)26)21-9-13-2-1-3-27-13/h4-5,7-8,10,13H,1-3,9H2,(H2,20,26)(H,21,22). The van der Waals surface area contributed by atoms with Crippen LogP contribution in [0.1, 0.15) is 28.8 Å². The summed E-state index contributed by atoms with van der Waals surface area (Å²) in [6.07, 6.45) is 6.64. The molecular formula is C18H17N7O2. The molecule has 9 heteroatoms. The number of carbonyl (C=O) groups excluding carboxylic acids is 1. The van der Waals surface area contributed by atoms with Gasteiger partial charge in [0, 0.05) is 37.0 Å². The van der Waals surface area contributed by atoms with Crippen LogP contribution in [0.2, 0.25) is 0 Å². The van der Waals surface area contributed by atoms with E-state index in [-0.39, 0.29) is 6.10 Å². The quantitative estimate of drug-likeness (QED) is 0.700. The molecule has 3 N–H and O–H groups in total. The van der Waals surface area contributed by atoms with Crippen molar-refractivity contribution in [3.63, 3.8) is 0 Å². The fourth-order valence-electron chi connectivity index (χ4n) is 3.08. The third kappa shape index (κ3) is 3.30. The van der Waals surface area contributed by atoms with Crippen LogP contribution in [0.5, 0.6) is 0 Å². The molecule has 136 valence electrons. The van der Waals surface area contributed by atoms with Gasteiger partial charge in [0.2, 0.25) is 0 Å². The van der Waals surface area contributed by atoms with Gasteiger partial charge in [-0.3, -0.25) is 4.79 Å². The Morgan fingerprint density at radius 2 is 2.26 bits per heavy atom. The highest BCUT2D eigenvalue weighted by Crippen LogP contribution is 2.22. The van der Waals surface area contributed by atoms with Gasteiger partial charge in [0.15, 0.2) is 11.5 Å². The molecule has 1 fully saturated rings. The summed E-state index contributed by atoms with van der Waals surface area (Å²) in [6, 6.07) is 5.47. The van der Waals surface area contributed by atoms with Crippen LogP contribution in [0.4, 0.5) is 5.69 Å². The molecule has 1 amide bonds. The summed E-state index contributed by atoms with van der Waals surface area (Å²) in [4.78, 5) is 20.3. The summed E-state index contributed by atoms with van der Waals surface area (Å²) in [5.74, 6) is -0.0759. The Morgan fingerprint density at radius 1 is 1.37 bits per heavy atom. The highest BCUT2D eigenvalue weighted by atomic mass is 16.5. The first-order chi connectivity index (χ1) is 13.2. The zero-order chi connectivity index (χ0) is 18.8. The Kier molecular flexibility index (Phi) is 4.40. The number of primary amides is 1. The number of pyridine rings is 2. The summed E-state index contributed by atoms with van der Waals surface area (Å²) >= 11 is 0. The molecule has 1 unspecified atom stereocenters. The highest BCUT2D eigenvalue weighted by molar-refractivity contribution is 5.98. The highest BCUT2D eigenvalue weighted by Gasteiger charge is 2.18. The predicted octanol–water partition coefficient (Wildman–Crippen LogP) is 1.38. The second-order valence-corrected chi connectivity index (χ2v) is 6.27. The Hall–Kier alpha value is -3.51. The molecule has 0 saturated carbocycles. The minimum atomic E-state index is -0.564. The maximum absolute atomic E-state index is 11.7. The Bertz CT molecular complexity index is 1050. The normalized spacial score (nSPS) is 16.3. The molecule has 1 atom stereocenters. The van der Waals surface area contributed by atoms with Crippen LogP contribution in [0.15, 0.2) is 30.7 Å². The number of nitriles is 1. The average molecular weight is 363 g/mol. The number of carbonyl (C=O) groups is 1. The zero-order valence-corrected chi connectivity index (χ0v) is 14.4. The minimum absolute atomic E-state index is 0.110. The number of rotatable bonds is 5. The SMILES string of the molecule is N#Cc1cnc2c(cnn2-c2cc(NCC3CCCO3)c(C(N)=O)cn2)c1. The van der Waals surface area contributed by atoms with E-state index in [1.54, 1.807) is 23.0 Å². The van der Waals surface area contributed by atoms with Gasteiger partial charge in [-0.15, -0.1) is 0 Å². The van der Waals surface area contributed by atoms with Gasteiger partial charge < -0.3 is 15.8 Å². The van der Waals surface area contributed by atoms with E-state index in [1.165, 1.54) is 12.4 Å². The van der Waals surface area contributed by atoms with Crippen LogP contribution >= 0.6 is 0 Å². The fraction of sp³-hybridized carbons (Fsp3) is 0.278. The lowest BCUT2D eigenvalue weighted by molar-refractivity contribution is 0.1000. The van der Waals surface area contributed by atoms with Crippen molar-refractivity contribution in [2.75, 3.05) is 18.5 Å². The van der Waals surface area contributed by atoms with Crippen LogP contribution in [0.3, 0.4) is 0 Å². The van der Waals surface area contributed by atoms with Crippen LogP contribution < -0.4 is 11.1 Å². The fourth-order valence-corrected chi connectivity index (χ4v) is 3.08. The molecule has 27 heavy (non-hydrogen) atoms. The number of nitrogens with two attached hydrogens (primary N) is 1. The van der Waals surface area contributed by atoms with Gasteiger partial charge in [-0.05, 0) is 18.9 Å². The number of aromatic nitrogens is 4. The topological polar surface area (TPSA) is 132 Å². The molecule has 0 spiro atoms. The molecule has 0 bridgehead atoms. The van der Waals surface area contributed by atoms with E-state index in [1.807, 2.05) is 0 Å². The lowest BCUT2D eigenvalue weighted by Gasteiger charge is -2.15. The smallest absolute Gasteiger partial charge is 0.252 e. The van der Waals surface area contributed by atoms with Crippen molar-refractivity contribution in [3.8, 4) is 11.9 Å². The Labute approximate surface area is 154 Å². The van der Waals surface area contributed by atoms with Crippen molar-refractivity contribution in [1.82, 2.24) is 19.7 Å². The average Bonchev–Trinajstić information content (AvgIpc) is 3.35. The molecule has 4 heterocycles. The summed E-state index contributed by atoms with van der Waals surface area (Å²) < 4.78 is 7.16. The lowest BCUT2D eigenvalue weighted by atomic mass is 10.2. The largest absolute Gasteiger partial charge is 0.382 e. The second-order valence-electron chi connectivity index (χ2n) is 6.27. The molecule has 3 aromatic rings. The first-order valence-corrected chi connectivity index (χ1v) is 8.55. The van der Waals surface area contributed by atoms with Crippen molar-refractivity contribution in [1.29, 1.82) is 5.26 Å². The van der Waals surface area contributed by atoms with Gasteiger partial charge >= 0.3 is 0 Å². The van der Waals surface area contributed by atoms with Gasteiger partial charge in [0.1, 0.15) is 6.07 Å². The number of hydrogen-bond donors (Lipinski definition) is 2. The van der Waals surface area contributed by atoms with Gasteiger partial charge in [0.05, 0.1) is 29.1 Å². The third-order valence-corrected chi connectivity index (χ3v) is 4.45. The predicted molar refractivity (Wildman–Crippen MR) is 97.4 cm³/mol. The van der Waals surface area contributed by atoms with Crippen LogP contribution in [-0.4, -0.2) is 44.9 Å². The van der Waals surface area contributed by atoms with Crippen molar-refractivity contribution in [2.45, 2.75) is 18.9 Å². The monoisotopic (exact) mass is 363 g/mol. The molecule has 0 aromatic carbocycles. The maximum Gasteiger partial charge on any atom is 0.252 e. The van der Waals surface area contributed by atoms with Crippen LogP contribution in [-0.2, 0) is 4.74 Å². The molecule has 1 aliphatic rings. The first kappa shape index (κ1) is 16.9. The number of amides is 1. The lowest BCUT2D eigenvalue weighted by Crippen LogP contribution is -2.22. The van der Waals surface area contributed by atoms with Crippen molar-refractivity contribution < 1.29 is 9.53 Å². The van der Waals surface area contributed by atoms with E-state index in [9.17, 15) is 4.79 Å². The molecule has 0 aliphatic carbocycles. The third-order valence-electron chi connectivity index (χ3n) is 4.45. The molecular weight excluding hydrogens is 346 g/mol. The molecule has 3 aromatic heterocycles.